The average Bonchev–Trinajstić information content (AvgIpc) is 2.77. The molecule has 1 saturated carbocycles. The Morgan fingerprint density at radius 3 is 2.23 bits per heavy atom. The van der Waals surface area contributed by atoms with Crippen molar-refractivity contribution in [2.45, 2.75) is 30.6 Å². The number of non-ortho nitro benzene ring substituents is 1. The van der Waals surface area contributed by atoms with Crippen LogP contribution < -0.4 is 15.6 Å². The molecule has 0 radical (unpaired) electrons. The first-order chi connectivity index (χ1) is 14.7. The van der Waals surface area contributed by atoms with Gasteiger partial charge in [-0.15, -0.1) is 0 Å². The lowest BCUT2D eigenvalue weighted by molar-refractivity contribution is -0.384. The maximum Gasteiger partial charge on any atom is 0.269 e. The van der Waals surface area contributed by atoms with E-state index in [2.05, 4.69) is 15.6 Å². The Morgan fingerprint density at radius 1 is 1.03 bits per heavy atom. The Balaban J connectivity index is 1.43. The fourth-order valence-electron chi connectivity index (χ4n) is 3.46. The highest BCUT2D eigenvalue weighted by atomic mass is 35.5. The highest BCUT2D eigenvalue weighted by molar-refractivity contribution is 7.89. The third-order valence-corrected chi connectivity index (χ3v) is 7.00. The molecular formula is C20H23ClN4O5S. The minimum absolute atomic E-state index is 0.0144. The van der Waals surface area contributed by atoms with Gasteiger partial charge in [-0.1, -0.05) is 11.6 Å². The fraction of sp³-hybridized carbons (Fsp3) is 0.350. The Kier molecular flexibility index (Phi) is 7.47. The number of hydrogen-bond acceptors (Lipinski definition) is 6. The van der Waals surface area contributed by atoms with Crippen molar-refractivity contribution >= 4 is 38.9 Å². The third kappa shape index (κ3) is 6.39. The zero-order valence-electron chi connectivity index (χ0n) is 16.6. The maximum absolute atomic E-state index is 12.4. The van der Waals surface area contributed by atoms with Crippen LogP contribution in [-0.4, -0.2) is 25.8 Å². The first-order valence-corrected chi connectivity index (χ1v) is 11.7. The number of nitrogens with one attached hydrogen (secondary N) is 3. The number of hydrogen-bond donors (Lipinski definition) is 3. The summed E-state index contributed by atoms with van der Waals surface area (Å²) in [7, 11) is -3.75. The number of halogens is 1. The number of nitrogens with zero attached hydrogens (tertiary/aromatic N) is 1. The molecule has 0 aliphatic heterocycles. The predicted octanol–water partition coefficient (Wildman–Crippen LogP) is 3.48. The lowest BCUT2D eigenvalue weighted by Gasteiger charge is -2.28. The quantitative estimate of drug-likeness (QED) is 0.403. The molecule has 2 aromatic rings. The van der Waals surface area contributed by atoms with E-state index in [0.717, 1.165) is 30.7 Å². The number of anilines is 1. The van der Waals surface area contributed by atoms with E-state index in [1.165, 1.54) is 12.1 Å². The number of carbonyl (C=O) groups is 1. The van der Waals surface area contributed by atoms with Gasteiger partial charge in [0.25, 0.3) is 5.69 Å². The van der Waals surface area contributed by atoms with Crippen molar-refractivity contribution in [2.24, 2.45) is 11.8 Å². The molecule has 0 spiro atoms. The minimum Gasteiger partial charge on any atom is -0.299 e. The van der Waals surface area contributed by atoms with Gasteiger partial charge >= 0.3 is 0 Å². The number of nitro benzene ring substituents is 1. The summed E-state index contributed by atoms with van der Waals surface area (Å²) in [4.78, 5) is 22.5. The predicted molar refractivity (Wildman–Crippen MR) is 117 cm³/mol. The van der Waals surface area contributed by atoms with Crippen LogP contribution in [0, 0.1) is 22.0 Å². The van der Waals surface area contributed by atoms with Crippen molar-refractivity contribution in [3.63, 3.8) is 0 Å². The molecule has 0 atom stereocenters. The van der Waals surface area contributed by atoms with Crippen LogP contribution in [0.25, 0.3) is 0 Å². The summed E-state index contributed by atoms with van der Waals surface area (Å²) >= 11 is 5.83. The van der Waals surface area contributed by atoms with Crippen LogP contribution >= 0.6 is 11.6 Å². The Hall–Kier alpha value is -2.69. The summed E-state index contributed by atoms with van der Waals surface area (Å²) in [6.07, 6.45) is 2.78. The maximum atomic E-state index is 12.4. The molecular weight excluding hydrogens is 444 g/mol. The van der Waals surface area contributed by atoms with Crippen molar-refractivity contribution in [1.29, 1.82) is 0 Å². The molecule has 0 heterocycles. The Bertz CT molecular complexity index is 1020. The second-order valence-corrected chi connectivity index (χ2v) is 9.65. The van der Waals surface area contributed by atoms with Gasteiger partial charge in [-0.2, -0.15) is 0 Å². The highest BCUT2D eigenvalue weighted by Crippen LogP contribution is 2.29. The fourth-order valence-corrected chi connectivity index (χ4v) is 4.70. The van der Waals surface area contributed by atoms with Crippen LogP contribution in [0.5, 0.6) is 0 Å². The molecule has 11 heteroatoms. The van der Waals surface area contributed by atoms with E-state index < -0.39 is 14.9 Å². The van der Waals surface area contributed by atoms with Gasteiger partial charge in [0, 0.05) is 29.6 Å². The van der Waals surface area contributed by atoms with Gasteiger partial charge < -0.3 is 0 Å². The van der Waals surface area contributed by atoms with Crippen LogP contribution in [-0.2, 0) is 14.8 Å². The molecule has 31 heavy (non-hydrogen) atoms. The van der Waals surface area contributed by atoms with Crippen LogP contribution in [0.2, 0.25) is 5.02 Å². The van der Waals surface area contributed by atoms with E-state index >= 15 is 0 Å². The van der Waals surface area contributed by atoms with Gasteiger partial charge in [0.05, 0.1) is 15.5 Å². The third-order valence-electron chi connectivity index (χ3n) is 5.31. The van der Waals surface area contributed by atoms with Crippen molar-refractivity contribution in [2.75, 3.05) is 12.0 Å². The highest BCUT2D eigenvalue weighted by Gasteiger charge is 2.27. The summed E-state index contributed by atoms with van der Waals surface area (Å²) < 4.78 is 27.4. The molecule has 2 aromatic carbocycles. The molecule has 3 N–H and O–H groups in total. The molecule has 0 saturated heterocycles. The molecule has 0 bridgehead atoms. The molecule has 9 nitrogen and oxygen atoms in total. The average molecular weight is 467 g/mol. The lowest BCUT2D eigenvalue weighted by Crippen LogP contribution is -2.38. The molecule has 1 aliphatic rings. The number of rotatable bonds is 8. The van der Waals surface area contributed by atoms with Crippen LogP contribution in [0.1, 0.15) is 25.7 Å². The molecule has 1 amide bonds. The second kappa shape index (κ2) is 10.1. The summed E-state index contributed by atoms with van der Waals surface area (Å²) in [6, 6.07) is 11.7. The van der Waals surface area contributed by atoms with Crippen LogP contribution in [0.4, 0.5) is 11.4 Å². The van der Waals surface area contributed by atoms with Gasteiger partial charge in [0.1, 0.15) is 0 Å². The van der Waals surface area contributed by atoms with Crippen LogP contribution in [0.15, 0.2) is 53.4 Å². The molecule has 166 valence electrons. The van der Waals surface area contributed by atoms with Crippen molar-refractivity contribution in [3.8, 4) is 0 Å². The number of carbonyl (C=O) groups excluding carboxylic acids is 1. The number of benzene rings is 2. The van der Waals surface area contributed by atoms with E-state index in [0.29, 0.717) is 17.9 Å². The smallest absolute Gasteiger partial charge is 0.269 e. The van der Waals surface area contributed by atoms with E-state index in [-0.39, 0.29) is 34.9 Å². The normalized spacial score (nSPS) is 18.9. The number of nitro groups is 1. The van der Waals surface area contributed by atoms with Crippen LogP contribution in [0.3, 0.4) is 0 Å². The topological polar surface area (TPSA) is 130 Å². The molecule has 3 rings (SSSR count). The van der Waals surface area contributed by atoms with E-state index in [1.807, 2.05) is 0 Å². The second-order valence-electron chi connectivity index (χ2n) is 7.44. The molecule has 1 aliphatic carbocycles. The van der Waals surface area contributed by atoms with Gasteiger partial charge in [0.2, 0.25) is 15.9 Å². The Labute approximate surface area is 185 Å². The van der Waals surface area contributed by atoms with E-state index in [1.54, 1.807) is 24.3 Å². The van der Waals surface area contributed by atoms with Crippen molar-refractivity contribution in [1.82, 2.24) is 10.1 Å². The van der Waals surface area contributed by atoms with Crippen molar-refractivity contribution < 1.29 is 18.1 Å². The number of hydrazine groups is 1. The van der Waals surface area contributed by atoms with Crippen molar-refractivity contribution in [3.05, 3.63) is 63.7 Å². The summed E-state index contributed by atoms with van der Waals surface area (Å²) in [5.74, 6) is -0.108. The minimum atomic E-state index is -3.75. The first-order valence-electron chi connectivity index (χ1n) is 9.80. The zero-order chi connectivity index (χ0) is 22.4. The zero-order valence-corrected chi connectivity index (χ0v) is 18.2. The van der Waals surface area contributed by atoms with Gasteiger partial charge in [-0.05, 0) is 68.0 Å². The molecule has 1 fully saturated rings. The van der Waals surface area contributed by atoms with E-state index in [4.69, 9.17) is 11.6 Å². The molecule has 0 aromatic heterocycles. The van der Waals surface area contributed by atoms with E-state index in [9.17, 15) is 23.3 Å². The lowest BCUT2D eigenvalue weighted by atomic mass is 9.82. The molecule has 0 unspecified atom stereocenters. The largest absolute Gasteiger partial charge is 0.299 e. The van der Waals surface area contributed by atoms with Gasteiger partial charge in [0.15, 0.2) is 0 Å². The van der Waals surface area contributed by atoms with Gasteiger partial charge in [-0.3, -0.25) is 25.8 Å². The monoisotopic (exact) mass is 466 g/mol. The summed E-state index contributed by atoms with van der Waals surface area (Å²) in [5, 5.41) is 11.3. The Morgan fingerprint density at radius 2 is 1.65 bits per heavy atom. The summed E-state index contributed by atoms with van der Waals surface area (Å²) in [5.41, 5.74) is 6.13. The summed E-state index contributed by atoms with van der Waals surface area (Å²) in [6.45, 7) is 0.261. The SMILES string of the molecule is O=C(NNc1ccc(Cl)cc1)C1CCC(CNS(=O)(=O)c2ccc([N+](=O)[O-])cc2)CC1. The van der Waals surface area contributed by atoms with Gasteiger partial charge in [-0.25, -0.2) is 13.1 Å². The number of sulfonamides is 1. The number of amides is 1. The first kappa shape index (κ1) is 23.0. The standard InChI is InChI=1S/C20H23ClN4O5S/c21-16-5-7-17(8-6-16)23-24-20(26)15-3-1-14(2-4-15)13-22-31(29,30)19-11-9-18(10-12-19)25(27)28/h5-12,14-15,22-23H,1-4,13H2,(H,24,26).